The third kappa shape index (κ3) is 5.05. The number of carboxylic acid groups (broad SMARTS) is 1. The number of carboxylic acids is 1. The Kier molecular flexibility index (Phi) is 5.67. The van der Waals surface area contributed by atoms with Gasteiger partial charge in [0.25, 0.3) is 0 Å². The number of aromatic carboxylic acids is 1. The van der Waals surface area contributed by atoms with Crippen molar-refractivity contribution >= 4 is 46.6 Å². The average molecular weight is 385 g/mol. The monoisotopic (exact) mass is 385 g/mol. The van der Waals surface area contributed by atoms with Gasteiger partial charge in [-0.05, 0) is 29.8 Å². The maximum Gasteiger partial charge on any atom is 0.240 e. The second kappa shape index (κ2) is 8.32. The Hall–Kier alpha value is -3.40. The van der Waals surface area contributed by atoms with Gasteiger partial charge in [0, 0.05) is 12.1 Å². The van der Waals surface area contributed by atoms with E-state index in [4.69, 9.17) is 4.42 Å². The summed E-state index contributed by atoms with van der Waals surface area (Å²) in [4.78, 5) is 34.7. The number of amidine groups is 1. The van der Waals surface area contributed by atoms with Gasteiger partial charge in [-0.25, -0.2) is 0 Å². The van der Waals surface area contributed by atoms with Gasteiger partial charge in [0.2, 0.25) is 11.8 Å². The minimum absolute atomic E-state index is 0.00896. The number of furan rings is 1. The molecule has 2 aromatic rings. The van der Waals surface area contributed by atoms with Crippen LogP contribution in [0.2, 0.25) is 0 Å². The van der Waals surface area contributed by atoms with E-state index in [1.807, 2.05) is 0 Å². The Labute approximate surface area is 157 Å². The quantitative estimate of drug-likeness (QED) is 0.552. The fourth-order valence-electron chi connectivity index (χ4n) is 2.16. The van der Waals surface area contributed by atoms with Crippen molar-refractivity contribution in [3.8, 4) is 0 Å². The van der Waals surface area contributed by atoms with Crippen LogP contribution in [0.4, 0.5) is 5.69 Å². The number of hydrogen-bond acceptors (Lipinski definition) is 8. The van der Waals surface area contributed by atoms with E-state index in [1.165, 1.54) is 36.7 Å². The molecule has 1 atom stereocenters. The van der Waals surface area contributed by atoms with Crippen LogP contribution in [0.25, 0.3) is 0 Å². The Balaban J connectivity index is 1.53. The lowest BCUT2D eigenvalue weighted by molar-refractivity contribution is -0.255. The summed E-state index contributed by atoms with van der Waals surface area (Å²) in [5, 5.41) is 23.2. The zero-order chi connectivity index (χ0) is 19.2. The highest BCUT2D eigenvalue weighted by atomic mass is 32.2. The third-order valence-electron chi connectivity index (χ3n) is 3.43. The number of nitrogens with one attached hydrogen (secondary N) is 2. The van der Waals surface area contributed by atoms with Crippen LogP contribution in [0.15, 0.2) is 57.3 Å². The van der Waals surface area contributed by atoms with Crippen molar-refractivity contribution in [2.24, 2.45) is 10.2 Å². The zero-order valence-corrected chi connectivity index (χ0v) is 14.6. The summed E-state index contributed by atoms with van der Waals surface area (Å²) in [5.74, 6) is -1.50. The van der Waals surface area contributed by atoms with Crippen LogP contribution in [-0.2, 0) is 9.59 Å². The van der Waals surface area contributed by atoms with Crippen molar-refractivity contribution in [3.05, 3.63) is 54.0 Å². The minimum Gasteiger partial charge on any atom is -0.545 e. The van der Waals surface area contributed by atoms with E-state index in [2.05, 4.69) is 20.8 Å². The van der Waals surface area contributed by atoms with E-state index in [9.17, 15) is 19.5 Å². The second-order valence-corrected chi connectivity index (χ2v) is 6.57. The topological polar surface area (TPSA) is 136 Å². The van der Waals surface area contributed by atoms with Crippen molar-refractivity contribution < 1.29 is 23.9 Å². The van der Waals surface area contributed by atoms with Crippen LogP contribution < -0.4 is 15.7 Å². The van der Waals surface area contributed by atoms with Crippen LogP contribution in [-0.4, -0.2) is 34.4 Å². The maximum atomic E-state index is 12.1. The van der Waals surface area contributed by atoms with Gasteiger partial charge in [0.15, 0.2) is 5.17 Å². The zero-order valence-electron chi connectivity index (χ0n) is 13.7. The molecule has 2 N–H and O–H groups in total. The van der Waals surface area contributed by atoms with Gasteiger partial charge >= 0.3 is 0 Å². The van der Waals surface area contributed by atoms with E-state index in [1.54, 1.807) is 12.1 Å². The Morgan fingerprint density at radius 2 is 2.07 bits per heavy atom. The maximum absolute atomic E-state index is 12.1. The molecule has 0 aliphatic carbocycles. The largest absolute Gasteiger partial charge is 0.545 e. The molecule has 0 unspecified atom stereocenters. The van der Waals surface area contributed by atoms with Gasteiger partial charge in [-0.15, -0.1) is 5.10 Å². The highest BCUT2D eigenvalue weighted by Crippen LogP contribution is 2.23. The van der Waals surface area contributed by atoms with Crippen molar-refractivity contribution in [2.75, 3.05) is 5.32 Å². The fraction of sp³-hybridized carbons (Fsp3) is 0.118. The molecule has 9 nitrogen and oxygen atoms in total. The molecule has 1 saturated heterocycles. The van der Waals surface area contributed by atoms with Crippen LogP contribution in [0, 0.1) is 0 Å². The number of thioether (sulfide) groups is 1. The second-order valence-electron chi connectivity index (χ2n) is 5.38. The summed E-state index contributed by atoms with van der Waals surface area (Å²) in [6, 6.07) is 8.95. The number of carbonyl (C=O) groups excluding carboxylic acids is 3. The summed E-state index contributed by atoms with van der Waals surface area (Å²) in [6.07, 6.45) is 2.83. The summed E-state index contributed by atoms with van der Waals surface area (Å²) < 4.78 is 5.07. The first-order valence-electron chi connectivity index (χ1n) is 7.74. The van der Waals surface area contributed by atoms with Gasteiger partial charge in [-0.3, -0.25) is 9.59 Å². The fourth-order valence-corrected chi connectivity index (χ4v) is 3.08. The molecule has 10 heteroatoms. The molecule has 138 valence electrons. The smallest absolute Gasteiger partial charge is 0.240 e. The molecule has 3 rings (SSSR count). The molecule has 0 bridgehead atoms. The van der Waals surface area contributed by atoms with Gasteiger partial charge < -0.3 is 25.0 Å². The first-order chi connectivity index (χ1) is 13.0. The van der Waals surface area contributed by atoms with Gasteiger partial charge in [0.05, 0.1) is 18.4 Å². The predicted octanol–water partition coefficient (Wildman–Crippen LogP) is 0.593. The minimum atomic E-state index is -1.30. The molecule has 2 amide bonds. The lowest BCUT2D eigenvalue weighted by Gasteiger charge is -2.08. The number of carbonyl (C=O) groups is 3. The molecule has 27 heavy (non-hydrogen) atoms. The first kappa shape index (κ1) is 18.4. The number of nitrogens with zero attached hydrogens (tertiary/aromatic N) is 2. The number of anilines is 1. The van der Waals surface area contributed by atoms with Crippen molar-refractivity contribution in [1.82, 2.24) is 5.32 Å². The molecule has 0 radical (unpaired) electrons. The van der Waals surface area contributed by atoms with Crippen molar-refractivity contribution in [3.63, 3.8) is 0 Å². The Bertz CT molecular complexity index is 906. The lowest BCUT2D eigenvalue weighted by Crippen LogP contribution is -2.28. The summed E-state index contributed by atoms with van der Waals surface area (Å²) in [7, 11) is 0. The number of rotatable bonds is 6. The molecule has 2 heterocycles. The predicted molar refractivity (Wildman–Crippen MR) is 97.3 cm³/mol. The van der Waals surface area contributed by atoms with Crippen LogP contribution in [0.5, 0.6) is 0 Å². The summed E-state index contributed by atoms with van der Waals surface area (Å²) >= 11 is 1.10. The summed E-state index contributed by atoms with van der Waals surface area (Å²) in [5.41, 5.74) is 0.431. The van der Waals surface area contributed by atoms with E-state index >= 15 is 0 Å². The van der Waals surface area contributed by atoms with Gasteiger partial charge in [-0.2, -0.15) is 5.10 Å². The highest BCUT2D eigenvalue weighted by Gasteiger charge is 2.32. The molecule has 0 spiro atoms. The summed E-state index contributed by atoms with van der Waals surface area (Å²) in [6.45, 7) is 0. The average Bonchev–Trinajstić information content (AvgIpc) is 3.26. The van der Waals surface area contributed by atoms with E-state index in [0.29, 0.717) is 16.6 Å². The van der Waals surface area contributed by atoms with Gasteiger partial charge in [-0.1, -0.05) is 23.9 Å². The number of hydrogen-bond donors (Lipinski definition) is 2. The molecular weight excluding hydrogens is 372 g/mol. The molecular formula is C17H13N4O5S-. The van der Waals surface area contributed by atoms with Crippen LogP contribution >= 0.6 is 11.8 Å². The van der Waals surface area contributed by atoms with E-state index < -0.39 is 11.2 Å². The molecule has 1 aromatic carbocycles. The molecule has 1 aromatic heterocycles. The van der Waals surface area contributed by atoms with E-state index in [0.717, 1.165) is 11.8 Å². The SMILES string of the molecule is O=C(C[C@H]1S/C(=N/N=C\c2ccco2)NC1=O)Nc1ccc(C(=O)[O-])cc1. The number of benzene rings is 1. The molecule has 0 saturated carbocycles. The van der Waals surface area contributed by atoms with Crippen LogP contribution in [0.1, 0.15) is 22.5 Å². The van der Waals surface area contributed by atoms with Crippen LogP contribution in [0.3, 0.4) is 0 Å². The number of amides is 2. The standard InChI is InChI=1S/C17H14N4O5S/c22-14(19-11-5-3-10(4-6-11)16(24)25)8-13-15(23)20-17(27-13)21-18-9-12-2-1-7-26-12/h1-7,9,13H,8H2,(H,19,22)(H,24,25)(H,20,21,23)/p-1/b18-9-/t13-/m1/s1. The van der Waals surface area contributed by atoms with Gasteiger partial charge in [0.1, 0.15) is 11.0 Å². The Morgan fingerprint density at radius 3 is 2.74 bits per heavy atom. The Morgan fingerprint density at radius 1 is 1.30 bits per heavy atom. The lowest BCUT2D eigenvalue weighted by atomic mass is 10.2. The van der Waals surface area contributed by atoms with Crippen molar-refractivity contribution in [2.45, 2.75) is 11.7 Å². The molecule has 1 aliphatic heterocycles. The first-order valence-corrected chi connectivity index (χ1v) is 8.62. The highest BCUT2D eigenvalue weighted by molar-refractivity contribution is 8.15. The van der Waals surface area contributed by atoms with Crippen molar-refractivity contribution in [1.29, 1.82) is 0 Å². The molecule has 1 aliphatic rings. The third-order valence-corrected chi connectivity index (χ3v) is 4.50. The normalized spacial score (nSPS) is 18.0. The molecule has 1 fully saturated rings. The van der Waals surface area contributed by atoms with E-state index in [-0.39, 0.29) is 23.8 Å².